The minimum atomic E-state index is 1.08. The predicted molar refractivity (Wildman–Crippen MR) is 482 cm³/mol. The third kappa shape index (κ3) is 15.3. The van der Waals surface area contributed by atoms with Gasteiger partial charge in [-0.15, -0.1) is 34.0 Å². The van der Waals surface area contributed by atoms with Crippen LogP contribution in [0.2, 0.25) is 0 Å². The minimum Gasteiger partial charge on any atom is -0.355 e. The Morgan fingerprint density at radius 2 is 0.360 bits per heavy atom. The van der Waals surface area contributed by atoms with Gasteiger partial charge in [-0.25, -0.2) is 0 Å². The van der Waals surface area contributed by atoms with Gasteiger partial charge >= 0.3 is 0 Å². The van der Waals surface area contributed by atoms with Gasteiger partial charge in [-0.3, -0.25) is 0 Å². The molecule has 0 bridgehead atoms. The van der Waals surface area contributed by atoms with E-state index in [9.17, 15) is 0 Å². The Kier molecular flexibility index (Phi) is 19.9. The van der Waals surface area contributed by atoms with E-state index in [1.165, 1.54) is 82.8 Å². The van der Waals surface area contributed by atoms with Crippen molar-refractivity contribution >= 4 is 180 Å². The van der Waals surface area contributed by atoms with Crippen LogP contribution in [0.15, 0.2) is 431 Å². The molecule has 20 rings (SSSR count). The molecule has 0 saturated carbocycles. The van der Waals surface area contributed by atoms with Crippen molar-refractivity contribution in [2.75, 3.05) is 30.7 Å². The summed E-state index contributed by atoms with van der Waals surface area (Å²) >= 11 is 5.52. The molecule has 0 fully saturated rings. The van der Waals surface area contributed by atoms with Crippen molar-refractivity contribution in [3.8, 4) is 22.3 Å². The number of benzene rings is 17. The van der Waals surface area contributed by atoms with Gasteiger partial charge in [-0.2, -0.15) is 0 Å². The van der Waals surface area contributed by atoms with Gasteiger partial charge in [0.2, 0.25) is 0 Å². The van der Waals surface area contributed by atoms with Crippen LogP contribution in [-0.2, 0) is 0 Å². The number of para-hydroxylation sites is 7. The Bertz CT molecular complexity index is 6430. The van der Waals surface area contributed by atoms with Crippen molar-refractivity contribution < 1.29 is 0 Å². The van der Waals surface area contributed by atoms with Crippen molar-refractivity contribution in [2.45, 2.75) is 0 Å². The van der Waals surface area contributed by atoms with Gasteiger partial charge in [0.1, 0.15) is 0 Å². The standard InChI is InChI=1S/2C36H26N2S.C30H22N2S/c1-4-10-26(11-5-1)27-16-19-31(20-17-27)38(30-14-8-3-9-15-30)32-21-23-35-34(25-32)33-22-18-29(24-36(33)39-35)37-28-12-6-2-7-13-28;1-4-10-26(11-5-1)27-16-18-28(19-17-27)37-29-20-22-33-34-25-32(21-23-35(34)39-36(33)24-29)38(30-12-6-2-7-13-30)31-14-8-3-9-15-31;1-4-10-22(11-5-1)31-23-16-18-27-28-21-26(17-19-29(28)33-30(27)20-23)32(24-12-6-2-7-13-24)25-14-8-3-9-15-25/h2*1-25,37H;1-21,31H. The fraction of sp³-hybridized carbons (Fsp3) is 0. The lowest BCUT2D eigenvalue weighted by Gasteiger charge is -2.25. The van der Waals surface area contributed by atoms with Crippen LogP contribution in [0.1, 0.15) is 0 Å². The van der Waals surface area contributed by atoms with Crippen LogP contribution in [0.25, 0.3) is 82.8 Å². The number of thiophene rings is 3. The lowest BCUT2D eigenvalue weighted by atomic mass is 10.0. The molecule has 111 heavy (non-hydrogen) atoms. The molecular weight excluding hydrogens is 1410 g/mol. The largest absolute Gasteiger partial charge is 0.355 e. The number of hydrogen-bond donors (Lipinski definition) is 3. The Morgan fingerprint density at radius 1 is 0.144 bits per heavy atom. The maximum Gasteiger partial charge on any atom is 0.0468 e. The molecule has 17 aromatic carbocycles. The molecule has 9 heteroatoms. The molecule has 0 amide bonds. The van der Waals surface area contributed by atoms with Gasteiger partial charge in [0.05, 0.1) is 0 Å². The smallest absolute Gasteiger partial charge is 0.0468 e. The molecular formula is C102H74N6S3. The molecule has 0 atom stereocenters. The average molecular weight is 1480 g/mol. The van der Waals surface area contributed by atoms with E-state index < -0.39 is 0 Å². The second-order valence-corrected chi connectivity index (χ2v) is 30.4. The van der Waals surface area contributed by atoms with Gasteiger partial charge in [0.15, 0.2) is 0 Å². The summed E-state index contributed by atoms with van der Waals surface area (Å²) in [6, 6.07) is 152. The van der Waals surface area contributed by atoms with E-state index in [1.54, 1.807) is 0 Å². The molecule has 0 aliphatic rings. The zero-order valence-electron chi connectivity index (χ0n) is 60.6. The minimum absolute atomic E-state index is 1.08. The van der Waals surface area contributed by atoms with Gasteiger partial charge in [-0.1, -0.05) is 231 Å². The Hall–Kier alpha value is -13.8. The molecule has 3 N–H and O–H groups in total. The van der Waals surface area contributed by atoms with E-state index >= 15 is 0 Å². The van der Waals surface area contributed by atoms with Crippen molar-refractivity contribution in [3.63, 3.8) is 0 Å². The molecule has 3 aromatic heterocycles. The highest BCUT2D eigenvalue weighted by atomic mass is 32.1. The van der Waals surface area contributed by atoms with Crippen LogP contribution in [0, 0.1) is 0 Å². The highest BCUT2D eigenvalue weighted by molar-refractivity contribution is 7.26. The summed E-state index contributed by atoms with van der Waals surface area (Å²) in [4.78, 5) is 6.97. The first-order valence-electron chi connectivity index (χ1n) is 37.3. The van der Waals surface area contributed by atoms with Crippen LogP contribution in [0.5, 0.6) is 0 Å². The summed E-state index contributed by atoms with van der Waals surface area (Å²) in [6.07, 6.45) is 0. The average Bonchev–Trinajstić information content (AvgIpc) is 1.66. The van der Waals surface area contributed by atoms with Crippen LogP contribution in [-0.4, -0.2) is 0 Å². The van der Waals surface area contributed by atoms with Crippen LogP contribution >= 0.6 is 34.0 Å². The summed E-state index contributed by atoms with van der Waals surface area (Å²) in [6.45, 7) is 0. The fourth-order valence-electron chi connectivity index (χ4n) is 14.5. The molecule has 0 saturated heterocycles. The highest BCUT2D eigenvalue weighted by Crippen LogP contribution is 2.46. The molecule has 6 nitrogen and oxygen atoms in total. The normalized spacial score (nSPS) is 11.1. The summed E-state index contributed by atoms with van der Waals surface area (Å²) in [5.41, 5.74) is 21.8. The summed E-state index contributed by atoms with van der Waals surface area (Å²) in [7, 11) is 0. The number of nitrogens with zero attached hydrogens (tertiary/aromatic N) is 3. The lowest BCUT2D eigenvalue weighted by molar-refractivity contribution is 1.29. The van der Waals surface area contributed by atoms with Crippen LogP contribution in [0.3, 0.4) is 0 Å². The first-order valence-corrected chi connectivity index (χ1v) is 39.7. The third-order valence-electron chi connectivity index (χ3n) is 19.8. The first-order chi connectivity index (χ1) is 55.0. The van der Waals surface area contributed by atoms with Crippen LogP contribution < -0.4 is 30.7 Å². The summed E-state index contributed by atoms with van der Waals surface area (Å²) < 4.78 is 7.72. The van der Waals surface area contributed by atoms with Gasteiger partial charge in [0.25, 0.3) is 0 Å². The van der Waals surface area contributed by atoms with E-state index in [4.69, 9.17) is 0 Å². The van der Waals surface area contributed by atoms with Gasteiger partial charge < -0.3 is 30.7 Å². The van der Waals surface area contributed by atoms with E-state index in [0.29, 0.717) is 0 Å². The van der Waals surface area contributed by atoms with Crippen LogP contribution in [0.4, 0.5) is 85.3 Å². The lowest BCUT2D eigenvalue weighted by Crippen LogP contribution is -2.09. The van der Waals surface area contributed by atoms with Gasteiger partial charge in [0, 0.05) is 146 Å². The molecule has 0 aliphatic carbocycles. The second-order valence-electron chi connectivity index (χ2n) is 27.1. The maximum atomic E-state index is 3.59. The molecule has 3 heterocycles. The Balaban J connectivity index is 0.000000117. The number of rotatable bonds is 17. The molecule has 0 aliphatic heterocycles. The van der Waals surface area contributed by atoms with E-state index in [1.807, 2.05) is 64.3 Å². The van der Waals surface area contributed by atoms with E-state index in [0.717, 1.165) is 85.3 Å². The monoisotopic (exact) mass is 1480 g/mol. The van der Waals surface area contributed by atoms with E-state index in [-0.39, 0.29) is 0 Å². The van der Waals surface area contributed by atoms with Crippen molar-refractivity contribution in [2.24, 2.45) is 0 Å². The highest BCUT2D eigenvalue weighted by Gasteiger charge is 2.20. The van der Waals surface area contributed by atoms with Crippen molar-refractivity contribution in [1.82, 2.24) is 0 Å². The SMILES string of the molecule is c1ccc(-c2ccc(Nc3ccc4c(c3)sc3ccc(N(c5ccccc5)c5ccccc5)cc34)cc2)cc1.c1ccc(Nc2ccc3c(c2)sc2ccc(N(c4ccccc4)c4ccc(-c5ccccc5)cc4)cc23)cc1.c1ccc(Nc2ccc3c(c2)sc2ccc(N(c4ccccc4)c4ccccc4)cc23)cc1. The number of hydrogen-bond acceptors (Lipinski definition) is 9. The Morgan fingerprint density at radius 3 is 0.649 bits per heavy atom. The van der Waals surface area contributed by atoms with Gasteiger partial charge in [-0.05, 0) is 222 Å². The summed E-state index contributed by atoms with van der Waals surface area (Å²) in [5.74, 6) is 0. The molecule has 0 spiro atoms. The maximum absolute atomic E-state index is 3.59. The predicted octanol–water partition coefficient (Wildman–Crippen LogP) is 31.1. The molecule has 530 valence electrons. The first kappa shape index (κ1) is 69.0. The Labute approximate surface area is 658 Å². The number of fused-ring (bicyclic) bond motifs is 9. The van der Waals surface area contributed by atoms with Crippen molar-refractivity contribution in [1.29, 1.82) is 0 Å². The van der Waals surface area contributed by atoms with E-state index in [2.05, 4.69) is 431 Å². The molecule has 0 radical (unpaired) electrons. The fourth-order valence-corrected chi connectivity index (χ4v) is 17.9. The topological polar surface area (TPSA) is 45.8 Å². The molecule has 20 aromatic rings. The number of anilines is 15. The molecule has 0 unspecified atom stereocenters. The quantitative estimate of drug-likeness (QED) is 0.0845. The summed E-state index contributed by atoms with van der Waals surface area (Å²) in [5, 5.41) is 18.3. The van der Waals surface area contributed by atoms with Crippen molar-refractivity contribution in [3.05, 3.63) is 431 Å². The second kappa shape index (κ2) is 31.9. The number of nitrogens with one attached hydrogen (secondary N) is 3. The zero-order chi connectivity index (χ0) is 74.1. The third-order valence-corrected chi connectivity index (χ3v) is 23.3. The zero-order valence-corrected chi connectivity index (χ0v) is 63.0.